The van der Waals surface area contributed by atoms with Gasteiger partial charge in [0.15, 0.2) is 7.28 Å². The summed E-state index contributed by atoms with van der Waals surface area (Å²) >= 11 is 0. The summed E-state index contributed by atoms with van der Waals surface area (Å²) in [7, 11) is 2.47. The van der Waals surface area contributed by atoms with Crippen molar-refractivity contribution >= 4 is 74.5 Å². The molecule has 0 unspecified atom stereocenters. The van der Waals surface area contributed by atoms with E-state index < -0.39 is 0 Å². The van der Waals surface area contributed by atoms with Gasteiger partial charge in [-0.2, -0.15) is 0 Å². The van der Waals surface area contributed by atoms with E-state index in [4.69, 9.17) is 0 Å². The van der Waals surface area contributed by atoms with Gasteiger partial charge >= 0.3 is 0 Å². The van der Waals surface area contributed by atoms with Gasteiger partial charge in [-0.15, -0.1) is 0 Å². The summed E-state index contributed by atoms with van der Waals surface area (Å²) < 4.78 is 0. The van der Waals surface area contributed by atoms with Crippen LogP contribution in [0.15, 0.2) is 206 Å². The van der Waals surface area contributed by atoms with Crippen molar-refractivity contribution < 1.29 is 0 Å². The molecule has 10 aromatic carbocycles. The fraction of sp³-hybridized carbons (Fsp3) is 0.247. The molecule has 2 aliphatic rings. The van der Waals surface area contributed by atoms with Crippen LogP contribution in [0.25, 0.3) is 44.2 Å². The zero-order valence-corrected chi connectivity index (χ0v) is 48.9. The number of unbranched alkanes of at least 4 members (excludes halogenated alkanes) is 2. The van der Waals surface area contributed by atoms with Gasteiger partial charge in [0.1, 0.15) is 0 Å². The highest BCUT2D eigenvalue weighted by atomic mass is 15.2. The van der Waals surface area contributed by atoms with E-state index in [0.717, 1.165) is 64.6 Å². The minimum atomic E-state index is -0.123. The van der Waals surface area contributed by atoms with Gasteiger partial charge < -0.3 is 15.1 Å². The quantitative estimate of drug-likeness (QED) is 0.0682. The lowest BCUT2D eigenvalue weighted by Gasteiger charge is -2.37. The van der Waals surface area contributed by atoms with E-state index >= 15 is 0 Å². The van der Waals surface area contributed by atoms with Gasteiger partial charge in [0.25, 0.3) is 0 Å². The summed E-state index contributed by atoms with van der Waals surface area (Å²) in [5, 5.41) is 6.47. The first-order chi connectivity index (χ1) is 39.5. The van der Waals surface area contributed by atoms with Crippen LogP contribution in [0, 0.1) is 6.92 Å². The minimum absolute atomic E-state index is 0.123. The van der Waals surface area contributed by atoms with Crippen LogP contribution in [0.3, 0.4) is 0 Å². The highest BCUT2D eigenvalue weighted by Gasteiger charge is 2.36. The number of anilines is 8. The second-order valence-corrected chi connectivity index (χ2v) is 23.8. The van der Waals surface area contributed by atoms with Gasteiger partial charge in [0, 0.05) is 56.5 Å². The molecule has 81 heavy (non-hydrogen) atoms. The van der Waals surface area contributed by atoms with Crippen LogP contribution in [0.2, 0.25) is 0 Å². The maximum Gasteiger partial charge on any atom is 0.197 e. The highest BCUT2D eigenvalue weighted by molar-refractivity contribution is 6.73. The molecule has 0 aromatic heterocycles. The summed E-state index contributed by atoms with van der Waals surface area (Å²) in [6, 6.07) is 78.6. The number of fused-ring (bicyclic) bond motifs is 6. The molecule has 0 spiro atoms. The molecule has 1 heterocycles. The molecule has 0 amide bonds. The molecule has 0 saturated heterocycles. The third-order valence-corrected chi connectivity index (χ3v) is 17.8. The molecular weight excluding hydrogens is 978 g/mol. The zero-order chi connectivity index (χ0) is 55.8. The lowest BCUT2D eigenvalue weighted by molar-refractivity contribution is 0.660. The van der Waals surface area contributed by atoms with Crippen molar-refractivity contribution in [1.82, 2.24) is 0 Å². The van der Waals surface area contributed by atoms with Gasteiger partial charge in [0.2, 0.25) is 0 Å². The predicted octanol–water partition coefficient (Wildman–Crippen LogP) is 21.0. The Morgan fingerprint density at radius 1 is 0.494 bits per heavy atom. The molecule has 0 bridgehead atoms. The number of rotatable bonds is 18. The van der Waals surface area contributed by atoms with Crippen LogP contribution in [0.4, 0.5) is 45.5 Å². The predicted molar refractivity (Wildman–Crippen MR) is 351 cm³/mol. The Morgan fingerprint density at radius 2 is 1.15 bits per heavy atom. The van der Waals surface area contributed by atoms with Crippen LogP contribution in [-0.4, -0.2) is 7.28 Å². The van der Waals surface area contributed by atoms with Gasteiger partial charge in [0.05, 0.1) is 0 Å². The Bertz CT molecular complexity index is 3890. The number of hydrogen-bond acceptors (Lipinski definition) is 3. The highest BCUT2D eigenvalue weighted by Crippen LogP contribution is 2.51. The molecule has 1 aliphatic carbocycles. The molecule has 10 aromatic rings. The van der Waals surface area contributed by atoms with E-state index in [1.165, 1.54) is 121 Å². The van der Waals surface area contributed by atoms with Gasteiger partial charge in [-0.25, -0.2) is 0 Å². The first-order valence-electron chi connectivity index (χ1n) is 30.2. The molecule has 1 radical (unpaired) electrons. The number of nitrogens with zero attached hydrogens (tertiary/aromatic N) is 2. The fourth-order valence-electron chi connectivity index (χ4n) is 13.3. The molecule has 12 rings (SSSR count). The Hall–Kier alpha value is -8.08. The van der Waals surface area contributed by atoms with Crippen molar-refractivity contribution in [3.05, 3.63) is 240 Å². The molecule has 2 atom stereocenters. The lowest BCUT2D eigenvalue weighted by Crippen LogP contribution is -2.41. The van der Waals surface area contributed by atoms with Crippen molar-refractivity contribution in [2.45, 2.75) is 124 Å². The van der Waals surface area contributed by atoms with Crippen molar-refractivity contribution in [3.8, 4) is 33.4 Å². The monoisotopic (exact) mass is 1050 g/mol. The first kappa shape index (κ1) is 53.6. The Kier molecular flexibility index (Phi) is 15.1. The molecular formula is C77H77BN3. The normalized spacial score (nSPS) is 13.7. The number of benzene rings is 10. The van der Waals surface area contributed by atoms with Gasteiger partial charge in [-0.05, 0) is 201 Å². The van der Waals surface area contributed by atoms with Crippen LogP contribution in [-0.2, 0) is 11.8 Å². The largest absolute Gasteiger partial charge is 0.355 e. The lowest BCUT2D eigenvalue weighted by atomic mass is 9.57. The van der Waals surface area contributed by atoms with E-state index in [1.54, 1.807) is 0 Å². The summed E-state index contributed by atoms with van der Waals surface area (Å²) in [5.41, 5.74) is 26.8. The first-order valence-corrected chi connectivity index (χ1v) is 30.2. The van der Waals surface area contributed by atoms with Crippen LogP contribution in [0.1, 0.15) is 139 Å². The maximum absolute atomic E-state index is 4.07. The molecule has 403 valence electrons. The Morgan fingerprint density at radius 3 is 1.88 bits per heavy atom. The Balaban J connectivity index is 1.06. The number of nitrogens with one attached hydrogen (secondary N) is 1. The van der Waals surface area contributed by atoms with E-state index in [0.29, 0.717) is 11.8 Å². The van der Waals surface area contributed by atoms with Crippen LogP contribution in [0.5, 0.6) is 0 Å². The summed E-state index contributed by atoms with van der Waals surface area (Å²) in [4.78, 5) is 5.06. The SMILES string of the molecule is CCCCCc1ccc(N(c2ccc([C@@H](C)CCC)cc2)c2ccc3c(c2)N(c2ccc([C@@H](C)CCC)cc2C)c2cc(-c4ccccc4)cc(-c4cc5ccccc5cc4Nc4ccc5c(c4)C(C)(C)c4ccccc4-5)c2[B]3)cc1. The van der Waals surface area contributed by atoms with E-state index in [-0.39, 0.29) is 5.41 Å². The molecule has 4 heteroatoms. The average molecular weight is 1060 g/mol. The summed E-state index contributed by atoms with van der Waals surface area (Å²) in [6.45, 7) is 18.7. The van der Waals surface area contributed by atoms with Crippen molar-refractivity contribution in [3.63, 3.8) is 0 Å². The maximum atomic E-state index is 4.07. The van der Waals surface area contributed by atoms with E-state index in [9.17, 15) is 0 Å². The minimum Gasteiger partial charge on any atom is -0.355 e. The third-order valence-electron chi connectivity index (χ3n) is 17.8. The van der Waals surface area contributed by atoms with Crippen molar-refractivity contribution in [1.29, 1.82) is 0 Å². The topological polar surface area (TPSA) is 18.5 Å². The zero-order valence-electron chi connectivity index (χ0n) is 48.9. The second-order valence-electron chi connectivity index (χ2n) is 23.8. The fourth-order valence-corrected chi connectivity index (χ4v) is 13.3. The standard InChI is InChI=1S/C77H77BN3/c1-9-12-14-23-54-30-36-62(37-31-54)80(63-38-32-55(33-39-63)51(4)21-10-2)64-40-42-71-74(50-64)81(73-43-34-57(44-53(73)6)52(5)22-11-3)75-48-60(56-24-15-13-16-25-56)46-68(76(75)78-71)67-45-58-26-17-18-27-59(58)47-72(67)79-61-35-41-66-65-28-19-20-29-69(65)77(7,8)70(66)49-61/h13,15-20,24-52,79H,9-12,14,21-23H2,1-8H3/t51-,52-/m0/s1. The molecule has 0 fully saturated rings. The van der Waals surface area contributed by atoms with Gasteiger partial charge in [-0.3, -0.25) is 0 Å². The van der Waals surface area contributed by atoms with Crippen molar-refractivity contribution in [2.75, 3.05) is 15.1 Å². The number of aryl methyl sites for hydroxylation is 2. The molecule has 1 aliphatic heterocycles. The Labute approximate surface area is 484 Å². The van der Waals surface area contributed by atoms with Crippen molar-refractivity contribution in [2.24, 2.45) is 0 Å². The van der Waals surface area contributed by atoms with E-state index in [1.807, 2.05) is 0 Å². The summed E-state index contributed by atoms with van der Waals surface area (Å²) in [5.74, 6) is 0.970. The average Bonchev–Trinajstić information content (AvgIpc) is 3.63. The third kappa shape index (κ3) is 10.4. The van der Waals surface area contributed by atoms with Crippen LogP contribution < -0.4 is 26.0 Å². The molecule has 0 saturated carbocycles. The smallest absolute Gasteiger partial charge is 0.197 e. The van der Waals surface area contributed by atoms with Crippen LogP contribution >= 0.6 is 0 Å². The molecule has 3 nitrogen and oxygen atoms in total. The van der Waals surface area contributed by atoms with E-state index in [2.05, 4.69) is 284 Å². The summed E-state index contributed by atoms with van der Waals surface area (Å²) in [6.07, 6.45) is 9.44. The second kappa shape index (κ2) is 22.8. The molecule has 1 N–H and O–H groups in total. The number of hydrogen-bond donors (Lipinski definition) is 1. The van der Waals surface area contributed by atoms with Gasteiger partial charge in [-0.1, -0.05) is 207 Å².